The van der Waals surface area contributed by atoms with Gasteiger partial charge in [0, 0.05) is 5.02 Å². The van der Waals surface area contributed by atoms with Gasteiger partial charge in [-0.05, 0) is 61.4 Å². The number of aryl methyl sites for hydroxylation is 1. The average molecular weight is 361 g/mol. The SMILES string of the molecule is Cc1cc(OC(C)C(=O)NN=Cc2ccc3c(c2)OCO3)ccc1Cl. The number of hydrogen-bond acceptors (Lipinski definition) is 5. The van der Waals surface area contributed by atoms with Crippen LogP contribution in [0.25, 0.3) is 0 Å². The first-order chi connectivity index (χ1) is 12.0. The molecule has 1 amide bonds. The molecule has 1 aliphatic heterocycles. The lowest BCUT2D eigenvalue weighted by Crippen LogP contribution is -2.33. The summed E-state index contributed by atoms with van der Waals surface area (Å²) < 4.78 is 16.1. The van der Waals surface area contributed by atoms with Crippen LogP contribution in [0.1, 0.15) is 18.1 Å². The molecule has 1 atom stereocenters. The molecule has 1 N–H and O–H groups in total. The van der Waals surface area contributed by atoms with Gasteiger partial charge in [0.15, 0.2) is 17.6 Å². The van der Waals surface area contributed by atoms with Gasteiger partial charge < -0.3 is 14.2 Å². The van der Waals surface area contributed by atoms with Crippen LogP contribution in [0, 0.1) is 6.92 Å². The van der Waals surface area contributed by atoms with E-state index in [9.17, 15) is 4.79 Å². The minimum atomic E-state index is -0.700. The zero-order valence-electron chi connectivity index (χ0n) is 13.8. The molecule has 130 valence electrons. The van der Waals surface area contributed by atoms with E-state index in [1.54, 1.807) is 37.3 Å². The number of rotatable bonds is 5. The maximum atomic E-state index is 12.1. The summed E-state index contributed by atoms with van der Waals surface area (Å²) in [5.74, 6) is 1.57. The van der Waals surface area contributed by atoms with Crippen LogP contribution in [0.2, 0.25) is 5.02 Å². The Hall–Kier alpha value is -2.73. The summed E-state index contributed by atoms with van der Waals surface area (Å²) in [7, 11) is 0. The van der Waals surface area contributed by atoms with Gasteiger partial charge in [-0.3, -0.25) is 4.79 Å². The van der Waals surface area contributed by atoms with Crippen LogP contribution in [-0.2, 0) is 4.79 Å². The largest absolute Gasteiger partial charge is 0.481 e. The molecule has 0 aromatic heterocycles. The molecule has 0 spiro atoms. The van der Waals surface area contributed by atoms with Crippen LogP contribution in [0.4, 0.5) is 0 Å². The standard InChI is InChI=1S/C18H17ClN2O4/c1-11-7-14(4-5-15(11)19)25-12(2)18(22)21-20-9-13-3-6-16-17(8-13)24-10-23-16/h3-9,12H,10H2,1-2H3,(H,21,22). The molecule has 0 saturated heterocycles. The van der Waals surface area contributed by atoms with Gasteiger partial charge in [0.25, 0.3) is 5.91 Å². The highest BCUT2D eigenvalue weighted by Gasteiger charge is 2.15. The minimum Gasteiger partial charge on any atom is -0.481 e. The molecule has 25 heavy (non-hydrogen) atoms. The Morgan fingerprint density at radius 2 is 2.08 bits per heavy atom. The van der Waals surface area contributed by atoms with Gasteiger partial charge in [-0.25, -0.2) is 5.43 Å². The number of carbonyl (C=O) groups excluding carboxylic acids is 1. The number of amides is 1. The summed E-state index contributed by atoms with van der Waals surface area (Å²) in [4.78, 5) is 12.1. The molecule has 1 aliphatic rings. The van der Waals surface area contributed by atoms with Crippen molar-refractivity contribution >= 4 is 23.7 Å². The van der Waals surface area contributed by atoms with Crippen LogP contribution in [0.3, 0.4) is 0 Å². The zero-order valence-corrected chi connectivity index (χ0v) is 14.5. The summed E-state index contributed by atoms with van der Waals surface area (Å²) in [5, 5.41) is 4.59. The van der Waals surface area contributed by atoms with E-state index < -0.39 is 6.10 Å². The van der Waals surface area contributed by atoms with E-state index in [1.807, 2.05) is 13.0 Å². The molecule has 3 rings (SSSR count). The maximum Gasteiger partial charge on any atom is 0.280 e. The first kappa shape index (κ1) is 17.1. The Balaban J connectivity index is 1.55. The molecule has 0 saturated carbocycles. The molecular formula is C18H17ClN2O4. The number of nitrogens with one attached hydrogen (secondary N) is 1. The molecule has 2 aromatic carbocycles. The molecule has 0 bridgehead atoms. The second-order valence-electron chi connectivity index (χ2n) is 5.52. The van der Waals surface area contributed by atoms with Crippen molar-refractivity contribution in [2.75, 3.05) is 6.79 Å². The highest BCUT2D eigenvalue weighted by molar-refractivity contribution is 6.31. The van der Waals surface area contributed by atoms with Crippen molar-refractivity contribution in [3.8, 4) is 17.2 Å². The topological polar surface area (TPSA) is 69.2 Å². The van der Waals surface area contributed by atoms with E-state index in [2.05, 4.69) is 10.5 Å². The number of fused-ring (bicyclic) bond motifs is 1. The Morgan fingerprint density at radius 3 is 2.88 bits per heavy atom. The van der Waals surface area contributed by atoms with Crippen LogP contribution >= 0.6 is 11.6 Å². The second kappa shape index (κ2) is 7.44. The predicted octanol–water partition coefficient (Wildman–Crippen LogP) is 3.29. The summed E-state index contributed by atoms with van der Waals surface area (Å²) in [6.45, 7) is 3.73. The monoisotopic (exact) mass is 360 g/mol. The van der Waals surface area contributed by atoms with Crippen molar-refractivity contribution in [1.82, 2.24) is 5.43 Å². The zero-order chi connectivity index (χ0) is 17.8. The van der Waals surface area contributed by atoms with E-state index in [-0.39, 0.29) is 12.7 Å². The smallest absolute Gasteiger partial charge is 0.280 e. The normalized spacial score (nSPS) is 13.7. The number of hydrogen-bond donors (Lipinski definition) is 1. The summed E-state index contributed by atoms with van der Waals surface area (Å²) >= 11 is 5.97. The summed E-state index contributed by atoms with van der Waals surface area (Å²) in [6, 6.07) is 10.6. The van der Waals surface area contributed by atoms with Gasteiger partial charge in [-0.1, -0.05) is 11.6 Å². The maximum absolute atomic E-state index is 12.1. The van der Waals surface area contributed by atoms with Crippen LogP contribution in [0.5, 0.6) is 17.2 Å². The van der Waals surface area contributed by atoms with Crippen molar-refractivity contribution in [2.45, 2.75) is 20.0 Å². The number of carbonyl (C=O) groups is 1. The third-order valence-electron chi connectivity index (χ3n) is 3.60. The van der Waals surface area contributed by atoms with Crippen LogP contribution < -0.4 is 19.6 Å². The molecule has 6 nitrogen and oxygen atoms in total. The van der Waals surface area contributed by atoms with E-state index >= 15 is 0 Å². The van der Waals surface area contributed by atoms with Gasteiger partial charge in [-0.15, -0.1) is 0 Å². The van der Waals surface area contributed by atoms with Crippen molar-refractivity contribution in [3.05, 3.63) is 52.5 Å². The quantitative estimate of drug-likeness (QED) is 0.656. The van der Waals surface area contributed by atoms with E-state index in [0.717, 1.165) is 11.1 Å². The number of ether oxygens (including phenoxy) is 3. The lowest BCUT2D eigenvalue weighted by Gasteiger charge is -2.13. The van der Waals surface area contributed by atoms with Crippen molar-refractivity contribution < 1.29 is 19.0 Å². The molecular weight excluding hydrogens is 344 g/mol. The second-order valence-corrected chi connectivity index (χ2v) is 5.93. The molecule has 0 radical (unpaired) electrons. The van der Waals surface area contributed by atoms with E-state index in [1.165, 1.54) is 6.21 Å². The van der Waals surface area contributed by atoms with E-state index in [4.69, 9.17) is 25.8 Å². The molecule has 2 aromatic rings. The molecule has 0 fully saturated rings. The third kappa shape index (κ3) is 4.22. The fourth-order valence-electron chi connectivity index (χ4n) is 2.20. The average Bonchev–Trinajstić information content (AvgIpc) is 3.05. The van der Waals surface area contributed by atoms with Crippen molar-refractivity contribution in [2.24, 2.45) is 5.10 Å². The van der Waals surface area contributed by atoms with Crippen LogP contribution in [-0.4, -0.2) is 25.0 Å². The third-order valence-corrected chi connectivity index (χ3v) is 4.02. The van der Waals surface area contributed by atoms with Crippen LogP contribution in [0.15, 0.2) is 41.5 Å². The number of halogens is 1. The highest BCUT2D eigenvalue weighted by Crippen LogP contribution is 2.31. The number of benzene rings is 2. The Bertz CT molecular complexity index is 823. The summed E-state index contributed by atoms with van der Waals surface area (Å²) in [6.07, 6.45) is 0.827. The van der Waals surface area contributed by atoms with Crippen molar-refractivity contribution in [1.29, 1.82) is 0 Å². The fraction of sp³-hybridized carbons (Fsp3) is 0.222. The molecule has 0 aliphatic carbocycles. The molecule has 7 heteroatoms. The lowest BCUT2D eigenvalue weighted by molar-refractivity contribution is -0.127. The van der Waals surface area contributed by atoms with Gasteiger partial charge in [0.1, 0.15) is 5.75 Å². The van der Waals surface area contributed by atoms with Gasteiger partial charge >= 0.3 is 0 Å². The van der Waals surface area contributed by atoms with Crippen molar-refractivity contribution in [3.63, 3.8) is 0 Å². The highest BCUT2D eigenvalue weighted by atomic mass is 35.5. The van der Waals surface area contributed by atoms with E-state index in [0.29, 0.717) is 22.3 Å². The first-order valence-electron chi connectivity index (χ1n) is 7.68. The summed E-state index contributed by atoms with van der Waals surface area (Å²) in [5.41, 5.74) is 4.12. The molecule has 1 unspecified atom stereocenters. The molecule has 1 heterocycles. The Labute approximate surface area is 150 Å². The fourth-order valence-corrected chi connectivity index (χ4v) is 2.32. The Morgan fingerprint density at radius 1 is 1.28 bits per heavy atom. The number of nitrogens with zero attached hydrogens (tertiary/aromatic N) is 1. The van der Waals surface area contributed by atoms with Gasteiger partial charge in [0.2, 0.25) is 6.79 Å². The minimum absolute atomic E-state index is 0.214. The lowest BCUT2D eigenvalue weighted by atomic mass is 10.2. The van der Waals surface area contributed by atoms with Gasteiger partial charge in [-0.2, -0.15) is 5.10 Å². The first-order valence-corrected chi connectivity index (χ1v) is 8.06. The van der Waals surface area contributed by atoms with Gasteiger partial charge in [0.05, 0.1) is 6.21 Å². The Kier molecular flexibility index (Phi) is 5.09. The number of hydrazone groups is 1. The predicted molar refractivity (Wildman–Crippen MR) is 94.6 cm³/mol.